The summed E-state index contributed by atoms with van der Waals surface area (Å²) < 4.78 is 5.75. The van der Waals surface area contributed by atoms with Crippen LogP contribution in [0.2, 0.25) is 15.1 Å². The van der Waals surface area contributed by atoms with Crippen LogP contribution in [-0.2, 0) is 0 Å². The van der Waals surface area contributed by atoms with Gasteiger partial charge in [-0.25, -0.2) is 4.85 Å². The van der Waals surface area contributed by atoms with Gasteiger partial charge >= 0.3 is 0 Å². The summed E-state index contributed by atoms with van der Waals surface area (Å²) in [6.07, 6.45) is -0.846. The van der Waals surface area contributed by atoms with Gasteiger partial charge in [-0.1, -0.05) is 40.9 Å². The van der Waals surface area contributed by atoms with E-state index in [-0.39, 0.29) is 11.8 Å². The topological polar surface area (TPSA) is 75.5 Å². The minimum Gasteiger partial charge on any atom is -0.418 e. The number of hydrogen-bond acceptors (Lipinski definition) is 5. The van der Waals surface area contributed by atoms with Crippen molar-refractivity contribution >= 4 is 46.2 Å². The number of anilines is 1. The minimum absolute atomic E-state index is 0.195. The Labute approximate surface area is 176 Å². The Morgan fingerprint density at radius 3 is 2.54 bits per heavy atom. The Balaban J connectivity index is 1.92. The molecule has 0 aliphatic heterocycles. The molecule has 0 bridgehead atoms. The molecule has 9 heteroatoms. The van der Waals surface area contributed by atoms with Gasteiger partial charge in [0.05, 0.1) is 27.7 Å². The van der Waals surface area contributed by atoms with Crippen molar-refractivity contribution in [1.82, 2.24) is 10.2 Å². The maximum atomic E-state index is 10.2. The number of benzene rings is 2. The normalized spacial score (nSPS) is 13.0. The monoisotopic (exact) mass is 436 g/mol. The Bertz CT molecular complexity index is 1060. The lowest BCUT2D eigenvalue weighted by atomic mass is 10.1. The molecule has 0 spiro atoms. The fraction of sp³-hybridized carbons (Fsp3) is 0.211. The second-order valence-corrected chi connectivity index (χ2v) is 7.31. The zero-order valence-corrected chi connectivity index (χ0v) is 17.1. The van der Waals surface area contributed by atoms with Crippen molar-refractivity contribution in [3.8, 4) is 11.5 Å². The van der Waals surface area contributed by atoms with Crippen molar-refractivity contribution in [2.24, 2.45) is 0 Å². The van der Waals surface area contributed by atoms with Gasteiger partial charge in [-0.15, -0.1) is 10.2 Å². The Morgan fingerprint density at radius 2 is 1.89 bits per heavy atom. The fourth-order valence-electron chi connectivity index (χ4n) is 2.58. The number of halogens is 3. The van der Waals surface area contributed by atoms with E-state index in [1.165, 1.54) is 0 Å². The molecule has 2 atom stereocenters. The van der Waals surface area contributed by atoms with Crippen molar-refractivity contribution in [1.29, 1.82) is 0 Å². The van der Waals surface area contributed by atoms with Gasteiger partial charge in [-0.05, 0) is 43.7 Å². The summed E-state index contributed by atoms with van der Waals surface area (Å²) in [5, 5.41) is 22.6. The number of rotatable bonds is 5. The highest BCUT2D eigenvalue weighted by Crippen LogP contribution is 2.35. The molecule has 6 nitrogen and oxygen atoms in total. The summed E-state index contributed by atoms with van der Waals surface area (Å²) in [5.41, 5.74) is 2.30. The average Bonchev–Trinajstić information content (AvgIpc) is 3.14. The zero-order valence-electron chi connectivity index (χ0n) is 14.9. The van der Waals surface area contributed by atoms with Crippen LogP contribution in [0.5, 0.6) is 0 Å². The Hall–Kier alpha value is -2.30. The van der Waals surface area contributed by atoms with Crippen LogP contribution < -0.4 is 5.32 Å². The number of nitrogens with one attached hydrogen (secondary N) is 1. The van der Waals surface area contributed by atoms with Crippen LogP contribution in [-0.4, -0.2) is 21.4 Å². The maximum absolute atomic E-state index is 10.2. The van der Waals surface area contributed by atoms with E-state index < -0.39 is 12.1 Å². The fourth-order valence-corrected chi connectivity index (χ4v) is 3.08. The van der Waals surface area contributed by atoms with Crippen molar-refractivity contribution in [3.63, 3.8) is 0 Å². The molecule has 0 amide bonds. The van der Waals surface area contributed by atoms with Crippen LogP contribution in [0.1, 0.15) is 24.4 Å². The van der Waals surface area contributed by atoms with Crippen LogP contribution in [0.25, 0.3) is 16.3 Å². The molecule has 1 unspecified atom stereocenters. The highest BCUT2D eigenvalue weighted by molar-refractivity contribution is 6.42. The molecule has 0 aliphatic carbocycles. The van der Waals surface area contributed by atoms with Crippen LogP contribution >= 0.6 is 34.8 Å². The lowest BCUT2D eigenvalue weighted by Gasteiger charge is -2.21. The molecule has 1 aromatic heterocycles. The molecule has 2 N–H and O–H groups in total. The van der Waals surface area contributed by atoms with Gasteiger partial charge in [-0.2, -0.15) is 0 Å². The van der Waals surface area contributed by atoms with E-state index in [2.05, 4.69) is 20.4 Å². The molecule has 3 rings (SSSR count). The predicted octanol–water partition coefficient (Wildman–Crippen LogP) is 6.09. The van der Waals surface area contributed by atoms with Crippen LogP contribution in [0.15, 0.2) is 34.7 Å². The van der Waals surface area contributed by atoms with Gasteiger partial charge in [0.1, 0.15) is 6.04 Å². The molecule has 0 saturated heterocycles. The molecule has 3 aromatic rings. The number of hydrogen-bond donors (Lipinski definition) is 2. The molecule has 28 heavy (non-hydrogen) atoms. The largest absolute Gasteiger partial charge is 0.418 e. The Morgan fingerprint density at radius 1 is 1.14 bits per heavy atom. The molecular weight excluding hydrogens is 423 g/mol. The van der Waals surface area contributed by atoms with Crippen molar-refractivity contribution in [2.75, 3.05) is 5.32 Å². The summed E-state index contributed by atoms with van der Waals surface area (Å²) in [6, 6.07) is 7.62. The molecule has 0 radical (unpaired) electrons. The van der Waals surface area contributed by atoms with Crippen molar-refractivity contribution < 1.29 is 9.52 Å². The Kier molecular flexibility index (Phi) is 6.11. The smallest absolute Gasteiger partial charge is 0.247 e. The molecule has 0 saturated carbocycles. The summed E-state index contributed by atoms with van der Waals surface area (Å²) in [4.78, 5) is 3.37. The van der Waals surface area contributed by atoms with E-state index in [9.17, 15) is 5.11 Å². The van der Waals surface area contributed by atoms with Gasteiger partial charge in [-0.3, -0.25) is 0 Å². The van der Waals surface area contributed by atoms with E-state index in [0.29, 0.717) is 37.6 Å². The predicted molar refractivity (Wildman–Crippen MR) is 110 cm³/mol. The molecule has 1 heterocycles. The van der Waals surface area contributed by atoms with Crippen molar-refractivity contribution in [2.45, 2.75) is 26.0 Å². The van der Waals surface area contributed by atoms with E-state index in [0.717, 1.165) is 0 Å². The van der Waals surface area contributed by atoms with Crippen LogP contribution in [0, 0.1) is 13.5 Å². The van der Waals surface area contributed by atoms with Gasteiger partial charge in [0, 0.05) is 11.3 Å². The zero-order chi connectivity index (χ0) is 20.4. The van der Waals surface area contributed by atoms with Gasteiger partial charge in [0.25, 0.3) is 0 Å². The summed E-state index contributed by atoms with van der Waals surface area (Å²) in [7, 11) is 0. The average molecular weight is 438 g/mol. The summed E-state index contributed by atoms with van der Waals surface area (Å²) >= 11 is 18.2. The third-order valence-corrected chi connectivity index (χ3v) is 5.37. The number of aliphatic hydroxyl groups excluding tert-OH is 1. The van der Waals surface area contributed by atoms with Crippen LogP contribution in [0.4, 0.5) is 11.4 Å². The number of aliphatic hydroxyl groups is 1. The van der Waals surface area contributed by atoms with Crippen molar-refractivity contribution in [3.05, 3.63) is 68.3 Å². The minimum atomic E-state index is -0.846. The summed E-state index contributed by atoms with van der Waals surface area (Å²) in [5.74, 6) is 0.444. The summed E-state index contributed by atoms with van der Waals surface area (Å²) in [6.45, 7) is 10.5. The first kappa shape index (κ1) is 20.4. The van der Waals surface area contributed by atoms with E-state index in [1.54, 1.807) is 44.2 Å². The molecule has 0 aliphatic rings. The van der Waals surface area contributed by atoms with Crippen LogP contribution in [0.3, 0.4) is 0 Å². The third-order valence-electron chi connectivity index (χ3n) is 4.15. The first-order valence-electron chi connectivity index (χ1n) is 8.21. The lowest BCUT2D eigenvalue weighted by Crippen LogP contribution is -2.23. The highest BCUT2D eigenvalue weighted by atomic mass is 35.5. The maximum Gasteiger partial charge on any atom is 0.247 e. The molecule has 0 fully saturated rings. The van der Waals surface area contributed by atoms with E-state index >= 15 is 0 Å². The first-order chi connectivity index (χ1) is 13.3. The van der Waals surface area contributed by atoms with E-state index in [4.69, 9.17) is 45.8 Å². The number of aromatic nitrogens is 2. The second-order valence-electron chi connectivity index (χ2n) is 6.12. The van der Waals surface area contributed by atoms with Gasteiger partial charge < -0.3 is 14.8 Å². The first-order valence-corrected chi connectivity index (χ1v) is 9.35. The molecule has 144 valence electrons. The molecular formula is C19H15Cl3N4O2. The lowest BCUT2D eigenvalue weighted by molar-refractivity contribution is 0.159. The second kappa shape index (κ2) is 8.38. The highest BCUT2D eigenvalue weighted by Gasteiger charge is 2.25. The third kappa shape index (κ3) is 4.08. The van der Waals surface area contributed by atoms with Gasteiger partial charge in [0.15, 0.2) is 0 Å². The quantitative estimate of drug-likeness (QED) is 0.472. The SMILES string of the molecule is [C-]#[N+]c1ccc(NC(c2nnc(-c3ccc(Cl)c(Cl)c3)o2)[C@@H](C)O)c(C)c1Cl. The standard InChI is InChI=1S/C19H15Cl3N4O2/c1-9-14(6-7-15(23-3)16(9)22)24-17(10(2)27)19-26-25-18(28-19)11-4-5-12(20)13(21)8-11/h4-8,10,17,24,27H,1-2H3/t10-,17?/m1/s1. The van der Waals surface area contributed by atoms with E-state index in [1.807, 2.05) is 0 Å². The van der Waals surface area contributed by atoms with Gasteiger partial charge in [0.2, 0.25) is 17.5 Å². The number of nitrogens with zero attached hydrogens (tertiary/aromatic N) is 3. The molecule has 2 aromatic carbocycles.